The standard InChI is InChI=1S/C26H18F3N3O3/c27-19-5-3-14(24-17(19)2-1-8-31-24)12-32-13-15(10-22(32)33)16-4-6-20(35-26(28)29)25-23(16)18-7-9-30-11-21(18)34-25/h1-9,11,15,26H,10,12-13H2. The zero-order valence-corrected chi connectivity index (χ0v) is 18.2. The molecule has 0 saturated carbocycles. The Morgan fingerprint density at radius 2 is 2.00 bits per heavy atom. The van der Waals surface area contributed by atoms with Gasteiger partial charge in [-0.05, 0) is 41.5 Å². The van der Waals surface area contributed by atoms with Gasteiger partial charge >= 0.3 is 6.61 Å². The van der Waals surface area contributed by atoms with Crippen LogP contribution in [0.3, 0.4) is 0 Å². The normalized spacial score (nSPS) is 16.3. The van der Waals surface area contributed by atoms with Crippen LogP contribution in [0.4, 0.5) is 13.2 Å². The third kappa shape index (κ3) is 3.63. The van der Waals surface area contributed by atoms with Crippen molar-refractivity contribution in [3.05, 3.63) is 78.0 Å². The molecule has 0 aliphatic carbocycles. The second kappa shape index (κ2) is 8.26. The van der Waals surface area contributed by atoms with Crippen LogP contribution in [0.1, 0.15) is 23.5 Å². The Balaban J connectivity index is 1.38. The van der Waals surface area contributed by atoms with Crippen LogP contribution in [0.2, 0.25) is 0 Å². The molecule has 1 atom stereocenters. The maximum absolute atomic E-state index is 14.2. The molecule has 1 fully saturated rings. The topological polar surface area (TPSA) is 68.5 Å². The van der Waals surface area contributed by atoms with E-state index in [0.29, 0.717) is 33.8 Å². The van der Waals surface area contributed by atoms with E-state index in [2.05, 4.69) is 14.7 Å². The number of fused-ring (bicyclic) bond motifs is 4. The Kier molecular flexibility index (Phi) is 5.05. The second-order valence-corrected chi connectivity index (χ2v) is 8.49. The van der Waals surface area contributed by atoms with Gasteiger partial charge in [0.2, 0.25) is 5.91 Å². The van der Waals surface area contributed by atoms with Crippen molar-refractivity contribution in [2.24, 2.45) is 0 Å². The molecule has 0 bridgehead atoms. The Morgan fingerprint density at radius 3 is 2.86 bits per heavy atom. The fraction of sp³-hybridized carbons (Fsp3) is 0.192. The molecule has 6 nitrogen and oxygen atoms in total. The Labute approximate surface area is 196 Å². The molecule has 2 aromatic carbocycles. The summed E-state index contributed by atoms with van der Waals surface area (Å²) in [7, 11) is 0. The predicted octanol–water partition coefficient (Wildman–Crippen LogP) is 5.79. The van der Waals surface area contributed by atoms with Crippen molar-refractivity contribution >= 4 is 38.7 Å². The number of carbonyl (C=O) groups is 1. The van der Waals surface area contributed by atoms with E-state index >= 15 is 0 Å². The summed E-state index contributed by atoms with van der Waals surface area (Å²) in [5.41, 5.74) is 2.73. The first kappa shape index (κ1) is 21.4. The average molecular weight is 477 g/mol. The van der Waals surface area contributed by atoms with E-state index in [0.717, 1.165) is 11.1 Å². The molecule has 0 radical (unpaired) electrons. The summed E-state index contributed by atoms with van der Waals surface area (Å²) in [6, 6.07) is 11.3. The van der Waals surface area contributed by atoms with Gasteiger partial charge < -0.3 is 14.1 Å². The zero-order chi connectivity index (χ0) is 24.1. The molecule has 3 aromatic heterocycles. The van der Waals surface area contributed by atoms with Gasteiger partial charge in [-0.15, -0.1) is 0 Å². The third-order valence-electron chi connectivity index (χ3n) is 6.45. The average Bonchev–Trinajstić information content (AvgIpc) is 3.42. The summed E-state index contributed by atoms with van der Waals surface area (Å²) in [4.78, 5) is 23.1. The largest absolute Gasteiger partial charge is 0.451 e. The number of nitrogens with zero attached hydrogens (tertiary/aromatic N) is 3. The number of likely N-dealkylation sites (tertiary alicyclic amines) is 1. The van der Waals surface area contributed by atoms with Crippen molar-refractivity contribution in [3.8, 4) is 5.75 Å². The van der Waals surface area contributed by atoms with E-state index in [4.69, 9.17) is 4.42 Å². The predicted molar refractivity (Wildman–Crippen MR) is 123 cm³/mol. The molecule has 35 heavy (non-hydrogen) atoms. The number of furan rings is 1. The zero-order valence-electron chi connectivity index (χ0n) is 18.2. The number of benzene rings is 2. The number of hydrogen-bond donors (Lipinski definition) is 0. The van der Waals surface area contributed by atoms with Crippen molar-refractivity contribution in [1.29, 1.82) is 0 Å². The van der Waals surface area contributed by atoms with Gasteiger partial charge in [-0.1, -0.05) is 12.1 Å². The fourth-order valence-corrected chi connectivity index (χ4v) is 4.93. The molecule has 5 aromatic rings. The van der Waals surface area contributed by atoms with E-state index < -0.39 is 6.61 Å². The fourth-order valence-electron chi connectivity index (χ4n) is 4.93. The lowest BCUT2D eigenvalue weighted by Crippen LogP contribution is -2.24. The van der Waals surface area contributed by atoms with Crippen molar-refractivity contribution in [1.82, 2.24) is 14.9 Å². The molecule has 6 rings (SSSR count). The number of alkyl halides is 2. The minimum Gasteiger partial charge on any atom is -0.451 e. The van der Waals surface area contributed by atoms with Gasteiger partial charge in [0.05, 0.1) is 11.7 Å². The van der Waals surface area contributed by atoms with Gasteiger partial charge in [0.15, 0.2) is 16.9 Å². The molecule has 0 spiro atoms. The molecule has 0 N–H and O–H groups in total. The number of halogens is 3. The minimum atomic E-state index is -3.00. The number of carbonyl (C=O) groups excluding carboxylic acids is 1. The van der Waals surface area contributed by atoms with Gasteiger partial charge in [0.1, 0.15) is 5.82 Å². The lowest BCUT2D eigenvalue weighted by molar-refractivity contribution is -0.128. The maximum atomic E-state index is 14.2. The molecule has 1 unspecified atom stereocenters. The Morgan fingerprint density at radius 1 is 1.11 bits per heavy atom. The molecule has 1 aliphatic rings. The van der Waals surface area contributed by atoms with Crippen molar-refractivity contribution < 1.29 is 27.1 Å². The highest BCUT2D eigenvalue weighted by molar-refractivity contribution is 6.09. The highest BCUT2D eigenvalue weighted by Gasteiger charge is 2.33. The van der Waals surface area contributed by atoms with E-state index in [1.807, 2.05) is 0 Å². The van der Waals surface area contributed by atoms with E-state index in [1.54, 1.807) is 47.6 Å². The summed E-state index contributed by atoms with van der Waals surface area (Å²) in [6.07, 6.45) is 4.96. The Hall–Kier alpha value is -4.14. The van der Waals surface area contributed by atoms with Gasteiger partial charge in [-0.25, -0.2) is 4.39 Å². The first-order valence-corrected chi connectivity index (χ1v) is 11.0. The number of ether oxygens (including phenoxy) is 1. The molecule has 176 valence electrons. The van der Waals surface area contributed by atoms with Crippen LogP contribution in [0.25, 0.3) is 32.8 Å². The highest BCUT2D eigenvalue weighted by Crippen LogP contribution is 2.42. The van der Waals surface area contributed by atoms with Crippen molar-refractivity contribution in [3.63, 3.8) is 0 Å². The van der Waals surface area contributed by atoms with Crippen molar-refractivity contribution in [2.75, 3.05) is 6.54 Å². The van der Waals surface area contributed by atoms with Crippen LogP contribution in [-0.2, 0) is 11.3 Å². The van der Waals surface area contributed by atoms with Crippen molar-refractivity contribution in [2.45, 2.75) is 25.5 Å². The lowest BCUT2D eigenvalue weighted by atomic mass is 9.93. The maximum Gasteiger partial charge on any atom is 0.387 e. The molecular formula is C26H18F3N3O3. The first-order valence-electron chi connectivity index (χ1n) is 11.0. The van der Waals surface area contributed by atoms with Crippen LogP contribution in [-0.4, -0.2) is 33.9 Å². The number of rotatable bonds is 5. The van der Waals surface area contributed by atoms with Crippen LogP contribution >= 0.6 is 0 Å². The molecule has 4 heterocycles. The highest BCUT2D eigenvalue weighted by atomic mass is 19.3. The Bertz CT molecular complexity index is 1600. The summed E-state index contributed by atoms with van der Waals surface area (Å²) in [5, 5.41) is 1.75. The quantitative estimate of drug-likeness (QED) is 0.321. The van der Waals surface area contributed by atoms with Crippen LogP contribution in [0.15, 0.2) is 65.5 Å². The summed E-state index contributed by atoms with van der Waals surface area (Å²) in [5.74, 6) is -0.685. The van der Waals surface area contributed by atoms with E-state index in [1.165, 1.54) is 18.3 Å². The van der Waals surface area contributed by atoms with E-state index in [-0.39, 0.29) is 41.9 Å². The first-order chi connectivity index (χ1) is 17.0. The molecule has 1 amide bonds. The van der Waals surface area contributed by atoms with Gasteiger partial charge in [0.25, 0.3) is 0 Å². The molecule has 1 aliphatic heterocycles. The second-order valence-electron chi connectivity index (χ2n) is 8.49. The lowest BCUT2D eigenvalue weighted by Gasteiger charge is -2.18. The molecule has 9 heteroatoms. The van der Waals surface area contributed by atoms with Crippen LogP contribution in [0, 0.1) is 5.82 Å². The molecule has 1 saturated heterocycles. The number of hydrogen-bond acceptors (Lipinski definition) is 5. The van der Waals surface area contributed by atoms with E-state index in [9.17, 15) is 18.0 Å². The SMILES string of the molecule is O=C1CC(c2ccc(OC(F)F)c3oc4cnccc4c23)CN1Cc1ccc(F)c2cccnc12. The summed E-state index contributed by atoms with van der Waals surface area (Å²) in [6.45, 7) is -2.31. The number of pyridine rings is 2. The number of amides is 1. The van der Waals surface area contributed by atoms with Crippen LogP contribution < -0.4 is 4.74 Å². The summed E-state index contributed by atoms with van der Waals surface area (Å²) >= 11 is 0. The molecular weight excluding hydrogens is 459 g/mol. The van der Waals surface area contributed by atoms with Gasteiger partial charge in [-0.2, -0.15) is 8.78 Å². The summed E-state index contributed by atoms with van der Waals surface area (Å²) < 4.78 is 50.7. The number of aromatic nitrogens is 2. The monoisotopic (exact) mass is 477 g/mol. The van der Waals surface area contributed by atoms with Crippen LogP contribution in [0.5, 0.6) is 5.75 Å². The van der Waals surface area contributed by atoms with Gasteiger partial charge in [0, 0.05) is 54.0 Å². The smallest absolute Gasteiger partial charge is 0.387 e. The van der Waals surface area contributed by atoms with Gasteiger partial charge in [-0.3, -0.25) is 14.8 Å². The third-order valence-corrected chi connectivity index (χ3v) is 6.45. The minimum absolute atomic E-state index is 0.0565.